The number of benzene rings is 1. The Hall–Kier alpha value is -2.08. The van der Waals surface area contributed by atoms with Gasteiger partial charge in [-0.05, 0) is 39.2 Å². The zero-order valence-electron chi connectivity index (χ0n) is 14.7. The van der Waals surface area contributed by atoms with Gasteiger partial charge in [-0.15, -0.1) is 0 Å². The summed E-state index contributed by atoms with van der Waals surface area (Å²) in [6.45, 7) is 5.50. The van der Waals surface area contributed by atoms with E-state index < -0.39 is 17.7 Å². The first-order valence-corrected chi connectivity index (χ1v) is 8.17. The highest BCUT2D eigenvalue weighted by Gasteiger charge is 2.35. The molecule has 1 amide bonds. The number of hydrogen-bond donors (Lipinski definition) is 2. The van der Waals surface area contributed by atoms with Gasteiger partial charge >= 0.3 is 12.1 Å². The maximum Gasteiger partial charge on any atom is 0.407 e. The zero-order valence-corrected chi connectivity index (χ0v) is 14.7. The molecule has 0 aromatic heterocycles. The van der Waals surface area contributed by atoms with Gasteiger partial charge in [0, 0.05) is 12.1 Å². The van der Waals surface area contributed by atoms with Crippen LogP contribution in [0.1, 0.15) is 45.2 Å². The van der Waals surface area contributed by atoms with Gasteiger partial charge in [0.15, 0.2) is 0 Å². The molecular formula is C18H26N2O4. The van der Waals surface area contributed by atoms with Crippen molar-refractivity contribution >= 4 is 12.1 Å². The third kappa shape index (κ3) is 5.23. The minimum Gasteiger partial charge on any atom is -0.468 e. The fourth-order valence-electron chi connectivity index (χ4n) is 2.65. The Kier molecular flexibility index (Phi) is 5.83. The van der Waals surface area contributed by atoms with Gasteiger partial charge in [0.05, 0.1) is 7.11 Å². The molecule has 0 aliphatic heterocycles. The molecule has 2 N–H and O–H groups in total. The Balaban J connectivity index is 1.84. The number of carbonyl (C=O) groups excluding carboxylic acids is 2. The van der Waals surface area contributed by atoms with E-state index in [-0.39, 0.29) is 18.1 Å². The van der Waals surface area contributed by atoms with Gasteiger partial charge in [-0.3, -0.25) is 5.32 Å². The monoisotopic (exact) mass is 334 g/mol. The van der Waals surface area contributed by atoms with Crippen LogP contribution in [0.2, 0.25) is 0 Å². The highest BCUT2D eigenvalue weighted by molar-refractivity contribution is 5.77. The zero-order chi connectivity index (χ0) is 17.7. The second kappa shape index (κ2) is 7.66. The van der Waals surface area contributed by atoms with E-state index in [1.54, 1.807) is 0 Å². The van der Waals surface area contributed by atoms with Crippen LogP contribution in [0.4, 0.5) is 4.79 Å². The number of rotatable bonds is 5. The van der Waals surface area contributed by atoms with Crippen LogP contribution in [0.25, 0.3) is 0 Å². The van der Waals surface area contributed by atoms with Crippen LogP contribution < -0.4 is 10.6 Å². The molecule has 1 saturated carbocycles. The molecule has 0 radical (unpaired) electrons. The lowest BCUT2D eigenvalue weighted by atomic mass is 9.86. The van der Waals surface area contributed by atoms with Gasteiger partial charge in [0.1, 0.15) is 11.6 Å². The lowest BCUT2D eigenvalue weighted by Crippen LogP contribution is -2.54. The van der Waals surface area contributed by atoms with Crippen molar-refractivity contribution in [2.24, 2.45) is 0 Å². The van der Waals surface area contributed by atoms with Crippen molar-refractivity contribution in [1.29, 1.82) is 0 Å². The number of methoxy groups -OCH3 is 1. The third-order valence-electron chi connectivity index (χ3n) is 3.83. The Morgan fingerprint density at radius 2 is 1.75 bits per heavy atom. The number of amides is 1. The molecule has 0 heterocycles. The summed E-state index contributed by atoms with van der Waals surface area (Å²) in [5.74, 6) is -0.315. The molecular weight excluding hydrogens is 308 g/mol. The Morgan fingerprint density at radius 3 is 2.29 bits per heavy atom. The van der Waals surface area contributed by atoms with Crippen LogP contribution in [0.3, 0.4) is 0 Å². The van der Waals surface area contributed by atoms with Crippen LogP contribution >= 0.6 is 0 Å². The summed E-state index contributed by atoms with van der Waals surface area (Å²) in [6.07, 6.45) is 1.10. The van der Waals surface area contributed by atoms with E-state index in [1.165, 1.54) is 7.11 Å². The summed E-state index contributed by atoms with van der Waals surface area (Å²) < 4.78 is 10.1. The van der Waals surface area contributed by atoms with Gasteiger partial charge in [0.2, 0.25) is 0 Å². The number of hydrogen-bond acceptors (Lipinski definition) is 5. The van der Waals surface area contributed by atoms with Crippen LogP contribution in [0, 0.1) is 0 Å². The van der Waals surface area contributed by atoms with Crippen molar-refractivity contribution in [2.45, 2.75) is 57.3 Å². The molecule has 0 bridgehead atoms. The highest BCUT2D eigenvalue weighted by atomic mass is 16.6. The molecule has 1 fully saturated rings. The van der Waals surface area contributed by atoms with Gasteiger partial charge in [-0.1, -0.05) is 30.3 Å². The Labute approximate surface area is 142 Å². The number of carbonyl (C=O) groups is 2. The topological polar surface area (TPSA) is 76.7 Å². The predicted molar refractivity (Wildman–Crippen MR) is 90.5 cm³/mol. The average Bonchev–Trinajstić information content (AvgIpc) is 2.47. The summed E-state index contributed by atoms with van der Waals surface area (Å²) >= 11 is 0. The SMILES string of the molecule is COC(=O)C(NC1CC(NC(=O)OC(C)(C)C)C1)c1ccccc1. The molecule has 6 heteroatoms. The van der Waals surface area contributed by atoms with E-state index in [0.717, 1.165) is 18.4 Å². The van der Waals surface area contributed by atoms with Crippen molar-refractivity contribution in [3.05, 3.63) is 35.9 Å². The molecule has 0 spiro atoms. The standard InChI is InChI=1S/C18H26N2O4/c1-18(2,3)24-17(22)20-14-10-13(11-14)19-15(16(21)23-4)12-8-6-5-7-9-12/h5-9,13-15,19H,10-11H2,1-4H3,(H,20,22). The van der Waals surface area contributed by atoms with Crippen molar-refractivity contribution < 1.29 is 19.1 Å². The van der Waals surface area contributed by atoms with E-state index >= 15 is 0 Å². The normalized spacial score (nSPS) is 21.3. The number of ether oxygens (including phenoxy) is 2. The molecule has 1 aliphatic rings. The average molecular weight is 334 g/mol. The maximum absolute atomic E-state index is 12.0. The maximum atomic E-state index is 12.0. The van der Waals surface area contributed by atoms with E-state index in [2.05, 4.69) is 10.6 Å². The van der Waals surface area contributed by atoms with Crippen LogP contribution in [0.15, 0.2) is 30.3 Å². The fourth-order valence-corrected chi connectivity index (χ4v) is 2.65. The molecule has 1 aliphatic carbocycles. The second-order valence-corrected chi connectivity index (χ2v) is 7.05. The molecule has 132 valence electrons. The van der Waals surface area contributed by atoms with Crippen molar-refractivity contribution in [3.8, 4) is 0 Å². The van der Waals surface area contributed by atoms with Crippen molar-refractivity contribution in [2.75, 3.05) is 7.11 Å². The first-order valence-electron chi connectivity index (χ1n) is 8.17. The Bertz CT molecular complexity index is 562. The summed E-state index contributed by atoms with van der Waals surface area (Å²) in [5.41, 5.74) is 0.363. The molecule has 1 aromatic carbocycles. The van der Waals surface area contributed by atoms with Crippen LogP contribution in [0.5, 0.6) is 0 Å². The highest BCUT2D eigenvalue weighted by Crippen LogP contribution is 2.25. The largest absolute Gasteiger partial charge is 0.468 e. The van der Waals surface area contributed by atoms with Gasteiger partial charge in [0.25, 0.3) is 0 Å². The smallest absolute Gasteiger partial charge is 0.407 e. The van der Waals surface area contributed by atoms with Crippen LogP contribution in [-0.4, -0.2) is 36.9 Å². The predicted octanol–water partition coefficient (Wildman–Crippen LogP) is 2.55. The Morgan fingerprint density at radius 1 is 1.12 bits per heavy atom. The molecule has 6 nitrogen and oxygen atoms in total. The molecule has 0 saturated heterocycles. The first kappa shape index (κ1) is 18.3. The molecule has 2 rings (SSSR count). The number of esters is 1. The molecule has 1 atom stereocenters. The first-order chi connectivity index (χ1) is 11.3. The van der Waals surface area contributed by atoms with Crippen molar-refractivity contribution in [3.63, 3.8) is 0 Å². The molecule has 1 aromatic rings. The van der Waals surface area contributed by atoms with E-state index in [9.17, 15) is 9.59 Å². The number of alkyl carbamates (subject to hydrolysis) is 1. The minimum atomic E-state index is -0.505. The fraction of sp³-hybridized carbons (Fsp3) is 0.556. The second-order valence-electron chi connectivity index (χ2n) is 7.05. The van der Waals surface area contributed by atoms with Gasteiger partial charge < -0.3 is 14.8 Å². The van der Waals surface area contributed by atoms with E-state index in [0.29, 0.717) is 0 Å². The lowest BCUT2D eigenvalue weighted by molar-refractivity contribution is -0.143. The summed E-state index contributed by atoms with van der Waals surface area (Å²) in [7, 11) is 1.38. The third-order valence-corrected chi connectivity index (χ3v) is 3.83. The summed E-state index contributed by atoms with van der Waals surface area (Å²) in [6, 6.07) is 9.18. The lowest BCUT2D eigenvalue weighted by Gasteiger charge is -2.38. The van der Waals surface area contributed by atoms with Gasteiger partial charge in [-0.25, -0.2) is 9.59 Å². The summed E-state index contributed by atoms with van der Waals surface area (Å²) in [5, 5.41) is 6.15. The van der Waals surface area contributed by atoms with E-state index in [1.807, 2.05) is 51.1 Å². The quantitative estimate of drug-likeness (QED) is 0.809. The molecule has 24 heavy (non-hydrogen) atoms. The van der Waals surface area contributed by atoms with Crippen molar-refractivity contribution in [1.82, 2.24) is 10.6 Å². The minimum absolute atomic E-state index is 0.0615. The molecule has 1 unspecified atom stereocenters. The van der Waals surface area contributed by atoms with Gasteiger partial charge in [-0.2, -0.15) is 0 Å². The van der Waals surface area contributed by atoms with E-state index in [4.69, 9.17) is 9.47 Å². The van der Waals surface area contributed by atoms with Crippen LogP contribution in [-0.2, 0) is 14.3 Å². The number of nitrogens with one attached hydrogen (secondary N) is 2. The summed E-state index contributed by atoms with van der Waals surface area (Å²) in [4.78, 5) is 23.8.